The molecule has 1 amide bonds. The SMILES string of the molecule is Cc1ccsc1CCC(=O)NC1CN(c2cc(C(F)(F)F)ccn2)C1. The lowest BCUT2D eigenvalue weighted by molar-refractivity contribution is -0.137. The molecule has 3 heterocycles. The molecular formula is C17H18F3N3OS. The van der Waals surface area contributed by atoms with Crippen LogP contribution in [0.25, 0.3) is 0 Å². The van der Waals surface area contributed by atoms with Gasteiger partial charge in [0.25, 0.3) is 0 Å². The molecule has 1 fully saturated rings. The highest BCUT2D eigenvalue weighted by molar-refractivity contribution is 7.10. The number of aromatic nitrogens is 1. The normalized spacial score (nSPS) is 15.1. The number of hydrogen-bond acceptors (Lipinski definition) is 4. The van der Waals surface area contributed by atoms with Crippen LogP contribution in [0, 0.1) is 6.92 Å². The molecule has 0 radical (unpaired) electrons. The molecule has 2 aromatic heterocycles. The zero-order chi connectivity index (χ0) is 18.0. The van der Waals surface area contributed by atoms with Crippen LogP contribution < -0.4 is 10.2 Å². The summed E-state index contributed by atoms with van der Waals surface area (Å²) in [4.78, 5) is 18.9. The maximum Gasteiger partial charge on any atom is 0.416 e. The quantitative estimate of drug-likeness (QED) is 0.879. The summed E-state index contributed by atoms with van der Waals surface area (Å²) >= 11 is 1.64. The molecule has 0 spiro atoms. The number of carbonyl (C=O) groups is 1. The number of nitrogens with one attached hydrogen (secondary N) is 1. The van der Waals surface area contributed by atoms with Gasteiger partial charge in [-0.05, 0) is 42.5 Å². The number of carbonyl (C=O) groups excluding carboxylic acids is 1. The molecule has 25 heavy (non-hydrogen) atoms. The molecule has 0 atom stereocenters. The Bertz CT molecular complexity index is 754. The second-order valence-corrected chi connectivity index (χ2v) is 7.10. The maximum absolute atomic E-state index is 12.7. The fourth-order valence-corrected chi connectivity index (χ4v) is 3.62. The third-order valence-corrected chi connectivity index (χ3v) is 5.27. The first-order chi connectivity index (χ1) is 11.8. The van der Waals surface area contributed by atoms with Crippen molar-refractivity contribution in [2.75, 3.05) is 18.0 Å². The summed E-state index contributed by atoms with van der Waals surface area (Å²) in [5.41, 5.74) is 0.486. The number of nitrogens with zero attached hydrogens (tertiary/aromatic N) is 2. The van der Waals surface area contributed by atoms with Crippen LogP contribution in [-0.2, 0) is 17.4 Å². The molecule has 0 aliphatic carbocycles. The fourth-order valence-electron chi connectivity index (χ4n) is 2.71. The number of hydrogen-bond donors (Lipinski definition) is 1. The third kappa shape index (κ3) is 4.31. The lowest BCUT2D eigenvalue weighted by atomic mass is 10.1. The number of aryl methyl sites for hydroxylation is 2. The van der Waals surface area contributed by atoms with E-state index in [1.807, 2.05) is 18.4 Å². The highest BCUT2D eigenvalue weighted by Gasteiger charge is 2.33. The van der Waals surface area contributed by atoms with Crippen LogP contribution in [0.2, 0.25) is 0 Å². The Kier molecular flexibility index (Phi) is 4.99. The van der Waals surface area contributed by atoms with E-state index in [4.69, 9.17) is 0 Å². The minimum absolute atomic E-state index is 0.0329. The van der Waals surface area contributed by atoms with Gasteiger partial charge in [-0.1, -0.05) is 0 Å². The Morgan fingerprint density at radius 3 is 2.80 bits per heavy atom. The van der Waals surface area contributed by atoms with Crippen molar-refractivity contribution in [3.63, 3.8) is 0 Å². The van der Waals surface area contributed by atoms with Crippen LogP contribution in [0.5, 0.6) is 0 Å². The molecule has 134 valence electrons. The van der Waals surface area contributed by atoms with Crippen molar-refractivity contribution in [3.8, 4) is 0 Å². The maximum atomic E-state index is 12.7. The van der Waals surface area contributed by atoms with E-state index >= 15 is 0 Å². The molecular weight excluding hydrogens is 351 g/mol. The molecule has 2 aromatic rings. The van der Waals surface area contributed by atoms with E-state index in [1.165, 1.54) is 10.4 Å². The van der Waals surface area contributed by atoms with Crippen molar-refractivity contribution in [2.45, 2.75) is 32.0 Å². The fraction of sp³-hybridized carbons (Fsp3) is 0.412. The van der Waals surface area contributed by atoms with E-state index in [0.29, 0.717) is 25.9 Å². The number of anilines is 1. The minimum Gasteiger partial charge on any atom is -0.352 e. The number of amides is 1. The smallest absolute Gasteiger partial charge is 0.352 e. The zero-order valence-electron chi connectivity index (χ0n) is 13.6. The second-order valence-electron chi connectivity index (χ2n) is 6.10. The Balaban J connectivity index is 1.46. The predicted octanol–water partition coefficient (Wildman–Crippen LogP) is 3.41. The Morgan fingerprint density at radius 2 is 2.16 bits per heavy atom. The van der Waals surface area contributed by atoms with Gasteiger partial charge < -0.3 is 10.2 Å². The summed E-state index contributed by atoms with van der Waals surface area (Å²) in [5.74, 6) is 0.254. The summed E-state index contributed by atoms with van der Waals surface area (Å²) < 4.78 is 38.2. The van der Waals surface area contributed by atoms with Gasteiger partial charge in [-0.15, -0.1) is 11.3 Å². The van der Waals surface area contributed by atoms with Crippen LogP contribution >= 0.6 is 11.3 Å². The van der Waals surface area contributed by atoms with Gasteiger partial charge in [-0.2, -0.15) is 13.2 Å². The standard InChI is InChI=1S/C17H18F3N3OS/c1-11-5-7-25-14(11)2-3-16(24)22-13-9-23(10-13)15-8-12(4-6-21-15)17(18,19)20/h4-8,13H,2-3,9-10H2,1H3,(H,22,24). The van der Waals surface area contributed by atoms with Gasteiger partial charge in [0.05, 0.1) is 11.6 Å². The average Bonchev–Trinajstić information content (AvgIpc) is 2.93. The van der Waals surface area contributed by atoms with E-state index < -0.39 is 11.7 Å². The first kappa shape index (κ1) is 17.7. The lowest BCUT2D eigenvalue weighted by Gasteiger charge is -2.40. The average molecular weight is 369 g/mol. The van der Waals surface area contributed by atoms with Crippen molar-refractivity contribution in [1.82, 2.24) is 10.3 Å². The zero-order valence-corrected chi connectivity index (χ0v) is 14.5. The largest absolute Gasteiger partial charge is 0.416 e. The van der Waals surface area contributed by atoms with Crippen molar-refractivity contribution in [1.29, 1.82) is 0 Å². The highest BCUT2D eigenvalue weighted by atomic mass is 32.1. The van der Waals surface area contributed by atoms with Crippen molar-refractivity contribution >= 4 is 23.1 Å². The van der Waals surface area contributed by atoms with Crippen LogP contribution in [0.4, 0.5) is 19.0 Å². The first-order valence-electron chi connectivity index (χ1n) is 7.93. The predicted molar refractivity (Wildman–Crippen MR) is 90.8 cm³/mol. The third-order valence-electron chi connectivity index (χ3n) is 4.19. The van der Waals surface area contributed by atoms with E-state index in [1.54, 1.807) is 16.2 Å². The topological polar surface area (TPSA) is 45.2 Å². The molecule has 1 N–H and O–H groups in total. The van der Waals surface area contributed by atoms with Gasteiger partial charge in [-0.3, -0.25) is 4.79 Å². The first-order valence-corrected chi connectivity index (χ1v) is 8.81. The summed E-state index contributed by atoms with van der Waals surface area (Å²) in [7, 11) is 0. The number of pyridine rings is 1. The van der Waals surface area contributed by atoms with Crippen LogP contribution in [0.3, 0.4) is 0 Å². The van der Waals surface area contributed by atoms with Crippen LogP contribution in [0.15, 0.2) is 29.8 Å². The Labute approximate surface area is 147 Å². The highest BCUT2D eigenvalue weighted by Crippen LogP contribution is 2.31. The number of rotatable bonds is 5. The number of halogens is 3. The van der Waals surface area contributed by atoms with E-state index in [-0.39, 0.29) is 17.8 Å². The molecule has 0 unspecified atom stereocenters. The molecule has 4 nitrogen and oxygen atoms in total. The molecule has 0 saturated carbocycles. The summed E-state index contributed by atoms with van der Waals surface area (Å²) in [6, 6.07) is 3.98. The van der Waals surface area contributed by atoms with Gasteiger partial charge >= 0.3 is 6.18 Å². The molecule has 0 aromatic carbocycles. The van der Waals surface area contributed by atoms with Crippen molar-refractivity contribution < 1.29 is 18.0 Å². The lowest BCUT2D eigenvalue weighted by Crippen LogP contribution is -2.59. The van der Waals surface area contributed by atoms with E-state index in [0.717, 1.165) is 18.3 Å². The van der Waals surface area contributed by atoms with E-state index in [2.05, 4.69) is 10.3 Å². The van der Waals surface area contributed by atoms with Crippen molar-refractivity contribution in [2.24, 2.45) is 0 Å². The molecule has 1 saturated heterocycles. The summed E-state index contributed by atoms with van der Waals surface area (Å²) in [6.07, 6.45) is -2.09. The summed E-state index contributed by atoms with van der Waals surface area (Å²) in [6.45, 7) is 2.96. The van der Waals surface area contributed by atoms with Crippen LogP contribution in [0.1, 0.15) is 22.4 Å². The summed E-state index contributed by atoms with van der Waals surface area (Å²) in [5, 5.41) is 4.93. The number of alkyl halides is 3. The van der Waals surface area contributed by atoms with E-state index in [9.17, 15) is 18.0 Å². The van der Waals surface area contributed by atoms with Crippen molar-refractivity contribution in [3.05, 3.63) is 45.8 Å². The van der Waals surface area contributed by atoms with Gasteiger partial charge in [-0.25, -0.2) is 4.98 Å². The van der Waals surface area contributed by atoms with Crippen LogP contribution in [-0.4, -0.2) is 30.0 Å². The minimum atomic E-state index is -4.38. The van der Waals surface area contributed by atoms with Gasteiger partial charge in [0.2, 0.25) is 5.91 Å². The number of thiophene rings is 1. The molecule has 1 aliphatic heterocycles. The molecule has 8 heteroatoms. The Morgan fingerprint density at radius 1 is 1.40 bits per heavy atom. The monoisotopic (exact) mass is 369 g/mol. The molecule has 3 rings (SSSR count). The molecule has 1 aliphatic rings. The van der Waals surface area contributed by atoms with Gasteiger partial charge in [0, 0.05) is 30.6 Å². The second kappa shape index (κ2) is 7.03. The Hall–Kier alpha value is -2.09. The van der Waals surface area contributed by atoms with Gasteiger partial charge in [0.1, 0.15) is 5.82 Å². The molecule has 0 bridgehead atoms. The van der Waals surface area contributed by atoms with Gasteiger partial charge in [0.15, 0.2) is 0 Å².